The Hall–Kier alpha value is -3.40. The number of hydrogen-bond donors (Lipinski definition) is 3. The molecule has 0 bridgehead atoms. The van der Waals surface area contributed by atoms with Crippen molar-refractivity contribution in [2.45, 2.75) is 52.6 Å². The van der Waals surface area contributed by atoms with Crippen LogP contribution in [0, 0.1) is 5.82 Å². The monoisotopic (exact) mass is 501 g/mol. The molecular formula is C26H36FN5O4. The van der Waals surface area contributed by atoms with Crippen LogP contribution in [-0.4, -0.2) is 65.9 Å². The number of amides is 4. The number of hydrogen-bond acceptors (Lipinski definition) is 5. The van der Waals surface area contributed by atoms with Gasteiger partial charge in [0.1, 0.15) is 11.6 Å². The number of unbranched alkanes of at least 4 members (excludes halogenated alkanes) is 1. The van der Waals surface area contributed by atoms with Crippen LogP contribution in [-0.2, 0) is 6.54 Å². The van der Waals surface area contributed by atoms with Crippen LogP contribution >= 0.6 is 0 Å². The standard InChI is InChI=1S/C26H36FN5O4/c1-5-6-11-28-25(35)29-21-9-7-18(16-20(21)27)24(34)32-14-12-31(13-15-32)17-19-8-10-22(36-19)23(33)30-26(2,3)4/h7-10,16H,5-6,11-15,17H2,1-4H3,(H,30,33)(H2,28,29,35). The lowest BCUT2D eigenvalue weighted by atomic mass is 10.1. The Balaban J connectivity index is 1.49. The van der Waals surface area contributed by atoms with Gasteiger partial charge in [-0.1, -0.05) is 13.3 Å². The van der Waals surface area contributed by atoms with E-state index in [0.29, 0.717) is 45.0 Å². The highest BCUT2D eigenvalue weighted by Crippen LogP contribution is 2.19. The van der Waals surface area contributed by atoms with Crippen molar-refractivity contribution in [2.75, 3.05) is 38.0 Å². The van der Waals surface area contributed by atoms with Gasteiger partial charge in [0.25, 0.3) is 11.8 Å². The van der Waals surface area contributed by atoms with Crippen LogP contribution < -0.4 is 16.0 Å². The molecule has 0 spiro atoms. The number of benzene rings is 1. The highest BCUT2D eigenvalue weighted by molar-refractivity contribution is 5.96. The summed E-state index contributed by atoms with van der Waals surface area (Å²) in [6.45, 7) is 11.0. The lowest BCUT2D eigenvalue weighted by molar-refractivity contribution is 0.0617. The molecule has 1 aliphatic heterocycles. The average Bonchev–Trinajstić information content (AvgIpc) is 3.28. The molecule has 9 nitrogen and oxygen atoms in total. The van der Waals surface area contributed by atoms with Crippen LogP contribution in [0.3, 0.4) is 0 Å². The van der Waals surface area contributed by atoms with Gasteiger partial charge in [-0.25, -0.2) is 9.18 Å². The third-order valence-corrected chi connectivity index (χ3v) is 5.69. The maximum atomic E-state index is 14.5. The molecule has 3 N–H and O–H groups in total. The zero-order chi connectivity index (χ0) is 26.3. The van der Waals surface area contributed by atoms with E-state index in [1.807, 2.05) is 27.7 Å². The number of rotatable bonds is 8. The summed E-state index contributed by atoms with van der Waals surface area (Å²) in [4.78, 5) is 40.8. The summed E-state index contributed by atoms with van der Waals surface area (Å²) < 4.78 is 20.2. The Bertz CT molecular complexity index is 1070. The van der Waals surface area contributed by atoms with Gasteiger partial charge in [0.05, 0.1) is 12.2 Å². The minimum Gasteiger partial charge on any atom is -0.455 e. The molecule has 4 amide bonds. The van der Waals surface area contributed by atoms with E-state index in [9.17, 15) is 18.8 Å². The summed E-state index contributed by atoms with van der Waals surface area (Å²) in [5.74, 6) is -0.222. The van der Waals surface area contributed by atoms with Crippen LogP contribution in [0.25, 0.3) is 0 Å². The molecule has 1 aromatic heterocycles. The van der Waals surface area contributed by atoms with Gasteiger partial charge in [0.2, 0.25) is 0 Å². The largest absolute Gasteiger partial charge is 0.455 e. The van der Waals surface area contributed by atoms with Crippen LogP contribution in [0.1, 0.15) is 67.2 Å². The number of urea groups is 1. The molecule has 1 aliphatic rings. The van der Waals surface area contributed by atoms with Crippen molar-refractivity contribution in [1.29, 1.82) is 0 Å². The van der Waals surface area contributed by atoms with E-state index in [4.69, 9.17) is 4.42 Å². The van der Waals surface area contributed by atoms with Crippen LogP contribution in [0.15, 0.2) is 34.7 Å². The van der Waals surface area contributed by atoms with E-state index in [2.05, 4.69) is 20.9 Å². The minimum absolute atomic E-state index is 0.0272. The molecule has 2 heterocycles. The van der Waals surface area contributed by atoms with E-state index in [1.54, 1.807) is 17.0 Å². The lowest BCUT2D eigenvalue weighted by Gasteiger charge is -2.34. The number of nitrogens with one attached hydrogen (secondary N) is 3. The Kier molecular flexibility index (Phi) is 9.08. The zero-order valence-corrected chi connectivity index (χ0v) is 21.4. The van der Waals surface area contributed by atoms with Gasteiger partial charge >= 0.3 is 6.03 Å². The number of anilines is 1. The molecule has 2 aromatic rings. The first kappa shape index (κ1) is 27.2. The van der Waals surface area contributed by atoms with E-state index in [1.165, 1.54) is 12.1 Å². The predicted octanol–water partition coefficient (Wildman–Crippen LogP) is 3.83. The second-order valence-corrected chi connectivity index (χ2v) is 9.97. The van der Waals surface area contributed by atoms with E-state index >= 15 is 0 Å². The zero-order valence-electron chi connectivity index (χ0n) is 21.4. The van der Waals surface area contributed by atoms with Gasteiger partial charge in [-0.2, -0.15) is 0 Å². The molecule has 1 saturated heterocycles. The predicted molar refractivity (Wildman–Crippen MR) is 135 cm³/mol. The lowest BCUT2D eigenvalue weighted by Crippen LogP contribution is -2.48. The molecule has 0 saturated carbocycles. The van der Waals surface area contributed by atoms with Crippen LogP contribution in [0.2, 0.25) is 0 Å². The number of piperazine rings is 1. The summed E-state index contributed by atoms with van der Waals surface area (Å²) in [6, 6.07) is 7.06. The molecule has 196 valence electrons. The first-order valence-corrected chi connectivity index (χ1v) is 12.3. The molecule has 36 heavy (non-hydrogen) atoms. The molecule has 0 aliphatic carbocycles. The summed E-state index contributed by atoms with van der Waals surface area (Å²) >= 11 is 0. The van der Waals surface area contributed by atoms with Gasteiger partial charge in [-0.05, 0) is 57.5 Å². The molecule has 1 aromatic carbocycles. The summed E-state index contributed by atoms with van der Waals surface area (Å²) in [6.07, 6.45) is 1.79. The Morgan fingerprint density at radius 3 is 2.42 bits per heavy atom. The first-order chi connectivity index (χ1) is 17.1. The number of carbonyl (C=O) groups excluding carboxylic acids is 3. The van der Waals surface area contributed by atoms with E-state index in [-0.39, 0.29) is 34.4 Å². The second kappa shape index (κ2) is 12.0. The molecule has 0 unspecified atom stereocenters. The summed E-state index contributed by atoms with van der Waals surface area (Å²) in [7, 11) is 0. The molecule has 0 radical (unpaired) electrons. The smallest absolute Gasteiger partial charge is 0.319 e. The van der Waals surface area contributed by atoms with Gasteiger partial charge < -0.3 is 25.3 Å². The molecule has 1 fully saturated rings. The molecule has 10 heteroatoms. The maximum absolute atomic E-state index is 14.5. The van der Waals surface area contributed by atoms with Gasteiger partial charge in [0.15, 0.2) is 5.76 Å². The van der Waals surface area contributed by atoms with Crippen molar-refractivity contribution >= 4 is 23.5 Å². The van der Waals surface area contributed by atoms with Gasteiger partial charge in [-0.3, -0.25) is 14.5 Å². The maximum Gasteiger partial charge on any atom is 0.319 e. The van der Waals surface area contributed by atoms with Crippen LogP contribution in [0.5, 0.6) is 0 Å². The quantitative estimate of drug-likeness (QED) is 0.477. The minimum atomic E-state index is -0.658. The van der Waals surface area contributed by atoms with Crippen molar-refractivity contribution in [1.82, 2.24) is 20.4 Å². The normalized spacial score (nSPS) is 14.4. The topological polar surface area (TPSA) is 107 Å². The highest BCUT2D eigenvalue weighted by atomic mass is 19.1. The number of furan rings is 1. The van der Waals surface area contributed by atoms with Gasteiger partial charge in [-0.15, -0.1) is 0 Å². The van der Waals surface area contributed by atoms with E-state index < -0.39 is 11.8 Å². The van der Waals surface area contributed by atoms with Crippen molar-refractivity contribution in [2.24, 2.45) is 0 Å². The second-order valence-electron chi connectivity index (χ2n) is 9.97. The number of nitrogens with zero attached hydrogens (tertiary/aromatic N) is 2. The number of halogens is 1. The Morgan fingerprint density at radius 1 is 1.06 bits per heavy atom. The third kappa shape index (κ3) is 7.81. The summed E-state index contributed by atoms with van der Waals surface area (Å²) in [5, 5.41) is 8.01. The Morgan fingerprint density at radius 2 is 1.78 bits per heavy atom. The highest BCUT2D eigenvalue weighted by Gasteiger charge is 2.24. The fourth-order valence-electron chi connectivity index (χ4n) is 3.79. The fourth-order valence-corrected chi connectivity index (χ4v) is 3.79. The molecular weight excluding hydrogens is 465 g/mol. The average molecular weight is 502 g/mol. The van der Waals surface area contributed by atoms with Crippen LogP contribution in [0.4, 0.5) is 14.9 Å². The van der Waals surface area contributed by atoms with Crippen molar-refractivity contribution < 1.29 is 23.2 Å². The van der Waals surface area contributed by atoms with Gasteiger partial charge in [0, 0.05) is 43.8 Å². The first-order valence-electron chi connectivity index (χ1n) is 12.3. The molecule has 0 atom stereocenters. The van der Waals surface area contributed by atoms with Crippen molar-refractivity contribution in [3.05, 3.63) is 53.2 Å². The Labute approximate surface area is 211 Å². The third-order valence-electron chi connectivity index (χ3n) is 5.69. The van der Waals surface area contributed by atoms with Crippen molar-refractivity contribution in [3.8, 4) is 0 Å². The van der Waals surface area contributed by atoms with E-state index in [0.717, 1.165) is 18.9 Å². The number of carbonyl (C=O) groups is 3. The fraction of sp³-hybridized carbons (Fsp3) is 0.500. The molecule has 3 rings (SSSR count). The summed E-state index contributed by atoms with van der Waals surface area (Å²) in [5.41, 5.74) is -0.0898. The SMILES string of the molecule is CCCCNC(=O)Nc1ccc(C(=O)N2CCN(Cc3ccc(C(=O)NC(C)(C)C)o3)CC2)cc1F. The van der Waals surface area contributed by atoms with Crippen molar-refractivity contribution in [3.63, 3.8) is 0 Å².